The van der Waals surface area contributed by atoms with Crippen molar-refractivity contribution in [2.75, 3.05) is 25.2 Å². The summed E-state index contributed by atoms with van der Waals surface area (Å²) in [6.07, 6.45) is 5.03. The second-order valence-corrected chi connectivity index (χ2v) is 4.01. The van der Waals surface area contributed by atoms with Gasteiger partial charge in [-0.3, -0.25) is 0 Å². The number of carbonyl (C=O) groups is 1. The van der Waals surface area contributed by atoms with Crippen molar-refractivity contribution in [1.82, 2.24) is 0 Å². The predicted octanol–water partition coefficient (Wildman–Crippen LogP) is 1.35. The molecule has 0 bridgehead atoms. The molecule has 0 radical (unpaired) electrons. The largest absolute Gasteiger partial charge is 0.380 e. The minimum Gasteiger partial charge on any atom is -0.380 e. The Labute approximate surface area is 71.7 Å². The lowest BCUT2D eigenvalue weighted by Crippen LogP contribution is -2.23. The van der Waals surface area contributed by atoms with Gasteiger partial charge < -0.3 is 9.53 Å². The number of ether oxygens (including phenoxy) is 1. The summed E-state index contributed by atoms with van der Waals surface area (Å²) in [5, 5.41) is 0. The van der Waals surface area contributed by atoms with Gasteiger partial charge in [-0.25, -0.2) is 0 Å². The third kappa shape index (κ3) is 2.20. The number of carbonyl (C=O) groups excluding carboxylic acids is 1. The maximum Gasteiger partial charge on any atom is 0.128 e. The minimum absolute atomic E-state index is 0.136. The van der Waals surface area contributed by atoms with E-state index in [1.165, 1.54) is 0 Å². The van der Waals surface area contributed by atoms with E-state index in [1.54, 1.807) is 11.8 Å². The molecule has 0 aromatic carbocycles. The van der Waals surface area contributed by atoms with Gasteiger partial charge in [-0.15, -0.1) is 0 Å². The van der Waals surface area contributed by atoms with Crippen LogP contribution in [0.15, 0.2) is 0 Å². The van der Waals surface area contributed by atoms with Crippen molar-refractivity contribution in [3.05, 3.63) is 0 Å². The van der Waals surface area contributed by atoms with E-state index in [4.69, 9.17) is 4.74 Å². The maximum absolute atomic E-state index is 10.7. The molecule has 1 aliphatic rings. The first kappa shape index (κ1) is 9.07. The average Bonchev–Trinajstić information content (AvgIpc) is 2.50. The van der Waals surface area contributed by atoms with Crippen LogP contribution in [-0.4, -0.2) is 31.5 Å². The van der Waals surface area contributed by atoms with Gasteiger partial charge >= 0.3 is 0 Å². The summed E-state index contributed by atoms with van der Waals surface area (Å²) in [5.74, 6) is 1.06. The molecular weight excluding hydrogens is 160 g/mol. The van der Waals surface area contributed by atoms with Gasteiger partial charge in [-0.2, -0.15) is 11.8 Å². The van der Waals surface area contributed by atoms with Crippen molar-refractivity contribution in [2.45, 2.75) is 12.8 Å². The number of hydrogen-bond donors (Lipinski definition) is 0. The molecule has 1 aliphatic heterocycles. The molecule has 0 spiro atoms. The second kappa shape index (κ2) is 4.12. The van der Waals surface area contributed by atoms with Gasteiger partial charge in [0.05, 0.1) is 12.0 Å². The van der Waals surface area contributed by atoms with E-state index < -0.39 is 0 Å². The number of aldehydes is 1. The molecule has 11 heavy (non-hydrogen) atoms. The lowest BCUT2D eigenvalue weighted by molar-refractivity contribution is -0.116. The van der Waals surface area contributed by atoms with Gasteiger partial charge in [0.1, 0.15) is 6.29 Å². The molecule has 1 heterocycles. The molecule has 1 saturated heterocycles. The lowest BCUT2D eigenvalue weighted by Gasteiger charge is -2.18. The average molecular weight is 174 g/mol. The van der Waals surface area contributed by atoms with E-state index in [1.807, 2.05) is 0 Å². The van der Waals surface area contributed by atoms with Gasteiger partial charge in [0.2, 0.25) is 0 Å². The number of hydrogen-bond acceptors (Lipinski definition) is 3. The van der Waals surface area contributed by atoms with Gasteiger partial charge in [0, 0.05) is 6.61 Å². The van der Waals surface area contributed by atoms with Crippen LogP contribution in [0.4, 0.5) is 0 Å². The van der Waals surface area contributed by atoms with Crippen molar-refractivity contribution in [3.8, 4) is 0 Å². The van der Waals surface area contributed by atoms with E-state index in [9.17, 15) is 4.79 Å². The Kier molecular flexibility index (Phi) is 3.40. The molecule has 1 unspecified atom stereocenters. The molecule has 2 nitrogen and oxygen atoms in total. The fraction of sp³-hybridized carbons (Fsp3) is 0.875. The maximum atomic E-state index is 10.7. The van der Waals surface area contributed by atoms with E-state index in [-0.39, 0.29) is 5.41 Å². The highest BCUT2D eigenvalue weighted by Gasteiger charge is 2.33. The van der Waals surface area contributed by atoms with Crippen LogP contribution in [0.5, 0.6) is 0 Å². The van der Waals surface area contributed by atoms with Crippen molar-refractivity contribution in [3.63, 3.8) is 0 Å². The van der Waals surface area contributed by atoms with Gasteiger partial charge in [-0.1, -0.05) is 0 Å². The van der Waals surface area contributed by atoms with Crippen LogP contribution in [0.3, 0.4) is 0 Å². The van der Waals surface area contributed by atoms with Crippen molar-refractivity contribution < 1.29 is 9.53 Å². The second-order valence-electron chi connectivity index (χ2n) is 3.03. The highest BCUT2D eigenvalue weighted by Crippen LogP contribution is 2.30. The first-order chi connectivity index (χ1) is 5.33. The Bertz CT molecular complexity index is 130. The van der Waals surface area contributed by atoms with E-state index >= 15 is 0 Å². The summed E-state index contributed by atoms with van der Waals surface area (Å²) < 4.78 is 5.21. The summed E-state index contributed by atoms with van der Waals surface area (Å²) in [6, 6.07) is 0. The van der Waals surface area contributed by atoms with Gasteiger partial charge in [0.15, 0.2) is 0 Å². The fourth-order valence-corrected chi connectivity index (χ4v) is 1.89. The Morgan fingerprint density at radius 3 is 3.00 bits per heavy atom. The highest BCUT2D eigenvalue weighted by atomic mass is 32.2. The molecule has 0 aromatic rings. The quantitative estimate of drug-likeness (QED) is 0.602. The third-order valence-electron chi connectivity index (χ3n) is 2.19. The Morgan fingerprint density at radius 1 is 1.73 bits per heavy atom. The van der Waals surface area contributed by atoms with Crippen LogP contribution < -0.4 is 0 Å². The smallest absolute Gasteiger partial charge is 0.128 e. The first-order valence-electron chi connectivity index (χ1n) is 3.86. The lowest BCUT2D eigenvalue weighted by atomic mass is 9.86. The SMILES string of the molecule is CSCCC1(C=O)CCOC1. The third-order valence-corrected chi connectivity index (χ3v) is 2.80. The topological polar surface area (TPSA) is 26.3 Å². The summed E-state index contributed by atoms with van der Waals surface area (Å²) >= 11 is 1.79. The molecule has 0 aromatic heterocycles. The molecule has 64 valence electrons. The predicted molar refractivity (Wildman–Crippen MR) is 46.9 cm³/mol. The van der Waals surface area contributed by atoms with Gasteiger partial charge in [-0.05, 0) is 24.9 Å². The zero-order chi connectivity index (χ0) is 8.16. The molecule has 0 N–H and O–H groups in total. The molecular formula is C8H14O2S. The monoisotopic (exact) mass is 174 g/mol. The fourth-order valence-electron chi connectivity index (χ4n) is 1.28. The van der Waals surface area contributed by atoms with Gasteiger partial charge in [0.25, 0.3) is 0 Å². The number of rotatable bonds is 4. The normalized spacial score (nSPS) is 30.6. The van der Waals surface area contributed by atoms with E-state index in [2.05, 4.69) is 6.26 Å². The Hall–Kier alpha value is -0.0200. The van der Waals surface area contributed by atoms with Crippen LogP contribution in [0, 0.1) is 5.41 Å². The van der Waals surface area contributed by atoms with E-state index in [0.717, 1.165) is 31.5 Å². The van der Waals surface area contributed by atoms with Crippen LogP contribution in [0.1, 0.15) is 12.8 Å². The number of thioether (sulfide) groups is 1. The molecule has 1 rings (SSSR count). The Morgan fingerprint density at radius 2 is 2.55 bits per heavy atom. The van der Waals surface area contributed by atoms with Crippen LogP contribution >= 0.6 is 11.8 Å². The first-order valence-corrected chi connectivity index (χ1v) is 5.25. The molecule has 1 atom stereocenters. The van der Waals surface area contributed by atoms with Crippen molar-refractivity contribution in [1.29, 1.82) is 0 Å². The van der Waals surface area contributed by atoms with E-state index in [0.29, 0.717) is 6.61 Å². The Balaban J connectivity index is 2.39. The standard InChI is InChI=1S/C8H14O2S/c1-11-5-3-8(6-9)2-4-10-7-8/h6H,2-5,7H2,1H3. The zero-order valence-corrected chi connectivity index (χ0v) is 7.65. The molecule has 0 saturated carbocycles. The molecule has 3 heteroatoms. The summed E-state index contributed by atoms with van der Waals surface area (Å²) in [4.78, 5) is 10.7. The summed E-state index contributed by atoms with van der Waals surface area (Å²) in [5.41, 5.74) is -0.136. The van der Waals surface area contributed by atoms with Crippen molar-refractivity contribution in [2.24, 2.45) is 5.41 Å². The van der Waals surface area contributed by atoms with Crippen LogP contribution in [0.25, 0.3) is 0 Å². The zero-order valence-electron chi connectivity index (χ0n) is 6.84. The summed E-state index contributed by atoms with van der Waals surface area (Å²) in [7, 11) is 0. The molecule has 0 aliphatic carbocycles. The molecule has 1 fully saturated rings. The van der Waals surface area contributed by atoms with Crippen LogP contribution in [-0.2, 0) is 9.53 Å². The highest BCUT2D eigenvalue weighted by molar-refractivity contribution is 7.98. The summed E-state index contributed by atoms with van der Waals surface area (Å²) in [6.45, 7) is 1.39. The van der Waals surface area contributed by atoms with Crippen molar-refractivity contribution >= 4 is 18.0 Å². The van der Waals surface area contributed by atoms with Crippen LogP contribution in [0.2, 0.25) is 0 Å². The minimum atomic E-state index is -0.136. The molecule has 0 amide bonds.